The molecule has 0 aliphatic heterocycles. The predicted octanol–water partition coefficient (Wildman–Crippen LogP) is 2.05. The number of hydrogen-bond acceptors (Lipinski definition) is 3. The standard InChI is InChI=1S/C9H9BrO4/c1-4(9(13)14)5-2-3-6(10)8(12)7(5)11/h2-4,11-12H,1H3,(H,13,14). The van der Waals surface area contributed by atoms with E-state index in [0.29, 0.717) is 4.47 Å². The molecule has 1 aromatic carbocycles. The van der Waals surface area contributed by atoms with Gasteiger partial charge in [-0.15, -0.1) is 0 Å². The lowest BCUT2D eigenvalue weighted by atomic mass is 10.00. The molecule has 0 fully saturated rings. The average Bonchev–Trinajstić information content (AvgIpc) is 2.13. The van der Waals surface area contributed by atoms with Crippen LogP contribution in [0.3, 0.4) is 0 Å². The summed E-state index contributed by atoms with van der Waals surface area (Å²) in [4.78, 5) is 10.6. The third-order valence-corrected chi connectivity index (χ3v) is 2.61. The van der Waals surface area contributed by atoms with Gasteiger partial charge in [0.1, 0.15) is 0 Å². The molecule has 0 radical (unpaired) electrons. The van der Waals surface area contributed by atoms with Crippen molar-refractivity contribution < 1.29 is 20.1 Å². The number of phenols is 2. The molecule has 1 rings (SSSR count). The molecule has 5 heteroatoms. The minimum absolute atomic E-state index is 0.193. The van der Waals surface area contributed by atoms with Crippen molar-refractivity contribution in [1.82, 2.24) is 0 Å². The zero-order valence-corrected chi connectivity index (χ0v) is 8.95. The summed E-state index contributed by atoms with van der Waals surface area (Å²) >= 11 is 3.01. The Kier molecular flexibility index (Phi) is 3.00. The second-order valence-corrected chi connectivity index (χ2v) is 3.75. The van der Waals surface area contributed by atoms with E-state index in [0.717, 1.165) is 0 Å². The van der Waals surface area contributed by atoms with E-state index in [1.165, 1.54) is 19.1 Å². The highest BCUT2D eigenvalue weighted by Gasteiger charge is 2.20. The zero-order valence-electron chi connectivity index (χ0n) is 7.36. The van der Waals surface area contributed by atoms with Crippen molar-refractivity contribution in [3.05, 3.63) is 22.2 Å². The Balaban J connectivity index is 3.24. The van der Waals surface area contributed by atoms with Crippen molar-refractivity contribution >= 4 is 21.9 Å². The Morgan fingerprint density at radius 2 is 1.93 bits per heavy atom. The zero-order chi connectivity index (χ0) is 10.9. The number of halogens is 1. The van der Waals surface area contributed by atoms with Gasteiger partial charge in [-0.05, 0) is 28.9 Å². The second-order valence-electron chi connectivity index (χ2n) is 2.89. The highest BCUT2D eigenvalue weighted by atomic mass is 79.9. The largest absolute Gasteiger partial charge is 0.504 e. The maximum absolute atomic E-state index is 10.6. The Morgan fingerprint density at radius 1 is 1.36 bits per heavy atom. The minimum Gasteiger partial charge on any atom is -0.504 e. The number of benzene rings is 1. The Hall–Kier alpha value is -1.23. The molecule has 76 valence electrons. The molecule has 0 heterocycles. The SMILES string of the molecule is CC(C(=O)O)c1ccc(Br)c(O)c1O. The number of phenolic OH excluding ortho intramolecular Hbond substituents is 2. The van der Waals surface area contributed by atoms with Gasteiger partial charge in [-0.1, -0.05) is 6.07 Å². The molecule has 0 saturated carbocycles. The van der Waals surface area contributed by atoms with Gasteiger partial charge in [0, 0.05) is 5.56 Å². The number of aromatic hydroxyl groups is 2. The predicted molar refractivity (Wildman–Crippen MR) is 53.5 cm³/mol. The second kappa shape index (κ2) is 3.88. The van der Waals surface area contributed by atoms with Crippen molar-refractivity contribution in [3.63, 3.8) is 0 Å². The number of carboxylic acid groups (broad SMARTS) is 1. The van der Waals surface area contributed by atoms with Crippen molar-refractivity contribution in [2.45, 2.75) is 12.8 Å². The number of carbonyl (C=O) groups is 1. The van der Waals surface area contributed by atoms with Gasteiger partial charge in [0.15, 0.2) is 11.5 Å². The third-order valence-electron chi connectivity index (χ3n) is 1.97. The van der Waals surface area contributed by atoms with Crippen LogP contribution in [0.4, 0.5) is 0 Å². The topological polar surface area (TPSA) is 77.8 Å². The molecular formula is C9H9BrO4. The van der Waals surface area contributed by atoms with Crippen LogP contribution in [0, 0.1) is 0 Å². The highest BCUT2D eigenvalue weighted by molar-refractivity contribution is 9.10. The molecule has 1 atom stereocenters. The van der Waals surface area contributed by atoms with Crippen LogP contribution < -0.4 is 0 Å². The van der Waals surface area contributed by atoms with E-state index in [9.17, 15) is 15.0 Å². The lowest BCUT2D eigenvalue weighted by Gasteiger charge is -2.10. The third kappa shape index (κ3) is 1.82. The molecule has 1 aromatic rings. The summed E-state index contributed by atoms with van der Waals surface area (Å²) in [5.41, 5.74) is 0.193. The summed E-state index contributed by atoms with van der Waals surface area (Å²) in [6, 6.07) is 2.95. The number of aliphatic carboxylic acids is 1. The molecule has 0 aliphatic rings. The first-order valence-electron chi connectivity index (χ1n) is 3.88. The molecule has 3 N–H and O–H groups in total. The summed E-state index contributed by atoms with van der Waals surface area (Å²) in [6.45, 7) is 1.44. The van der Waals surface area contributed by atoms with Gasteiger partial charge < -0.3 is 15.3 Å². The van der Waals surface area contributed by atoms with Crippen LogP contribution in [0.2, 0.25) is 0 Å². The Morgan fingerprint density at radius 3 is 2.43 bits per heavy atom. The van der Waals surface area contributed by atoms with Gasteiger partial charge in [0.25, 0.3) is 0 Å². The summed E-state index contributed by atoms with van der Waals surface area (Å²) in [6.07, 6.45) is 0. The maximum Gasteiger partial charge on any atom is 0.310 e. The van der Waals surface area contributed by atoms with Crippen molar-refractivity contribution in [2.75, 3.05) is 0 Å². The van der Waals surface area contributed by atoms with Crippen LogP contribution in [0.1, 0.15) is 18.4 Å². The maximum atomic E-state index is 10.6. The highest BCUT2D eigenvalue weighted by Crippen LogP contribution is 2.39. The smallest absolute Gasteiger partial charge is 0.310 e. The fourth-order valence-corrected chi connectivity index (χ4v) is 1.37. The fourth-order valence-electron chi connectivity index (χ4n) is 1.05. The van der Waals surface area contributed by atoms with Gasteiger partial charge in [-0.2, -0.15) is 0 Å². The van der Waals surface area contributed by atoms with Crippen LogP contribution >= 0.6 is 15.9 Å². The fraction of sp³-hybridized carbons (Fsp3) is 0.222. The summed E-state index contributed by atoms with van der Waals surface area (Å²) in [5.74, 6) is -2.64. The van der Waals surface area contributed by atoms with Crippen LogP contribution in [0.15, 0.2) is 16.6 Å². The molecule has 0 saturated heterocycles. The van der Waals surface area contributed by atoms with Gasteiger partial charge in [0.05, 0.1) is 10.4 Å². The van der Waals surface area contributed by atoms with Gasteiger partial charge in [-0.25, -0.2) is 0 Å². The molecule has 14 heavy (non-hydrogen) atoms. The summed E-state index contributed by atoms with van der Waals surface area (Å²) in [5, 5.41) is 27.5. The first-order chi connectivity index (χ1) is 6.45. The number of hydrogen-bond donors (Lipinski definition) is 3. The first kappa shape index (κ1) is 10.8. The minimum atomic E-state index is -1.05. The molecule has 0 aromatic heterocycles. The van der Waals surface area contributed by atoms with Crippen molar-refractivity contribution in [3.8, 4) is 11.5 Å². The monoisotopic (exact) mass is 260 g/mol. The van der Waals surface area contributed by atoms with E-state index in [1.807, 2.05) is 0 Å². The van der Waals surface area contributed by atoms with Crippen molar-refractivity contribution in [1.29, 1.82) is 0 Å². The van der Waals surface area contributed by atoms with Gasteiger partial charge >= 0.3 is 5.97 Å². The van der Waals surface area contributed by atoms with Gasteiger partial charge in [-0.3, -0.25) is 4.79 Å². The van der Waals surface area contributed by atoms with Crippen molar-refractivity contribution in [2.24, 2.45) is 0 Å². The molecule has 1 unspecified atom stereocenters. The number of rotatable bonds is 2. The molecule has 0 spiro atoms. The number of carboxylic acids is 1. The molecule has 4 nitrogen and oxygen atoms in total. The van der Waals surface area contributed by atoms with E-state index < -0.39 is 17.6 Å². The van der Waals surface area contributed by atoms with Crippen LogP contribution in [0.25, 0.3) is 0 Å². The van der Waals surface area contributed by atoms with E-state index in [-0.39, 0.29) is 11.3 Å². The molecule has 0 aliphatic carbocycles. The van der Waals surface area contributed by atoms with E-state index in [1.54, 1.807) is 0 Å². The molecule has 0 amide bonds. The van der Waals surface area contributed by atoms with E-state index >= 15 is 0 Å². The average molecular weight is 261 g/mol. The van der Waals surface area contributed by atoms with Crippen LogP contribution in [-0.2, 0) is 4.79 Å². The lowest BCUT2D eigenvalue weighted by molar-refractivity contribution is -0.138. The van der Waals surface area contributed by atoms with Crippen LogP contribution in [-0.4, -0.2) is 21.3 Å². The Labute approximate surface area is 88.9 Å². The van der Waals surface area contributed by atoms with E-state index in [4.69, 9.17) is 5.11 Å². The normalized spacial score (nSPS) is 12.4. The van der Waals surface area contributed by atoms with Crippen LogP contribution in [0.5, 0.6) is 11.5 Å². The Bertz CT molecular complexity index is 375. The summed E-state index contributed by atoms with van der Waals surface area (Å²) in [7, 11) is 0. The van der Waals surface area contributed by atoms with E-state index in [2.05, 4.69) is 15.9 Å². The summed E-state index contributed by atoms with van der Waals surface area (Å²) < 4.78 is 0.330. The van der Waals surface area contributed by atoms with Gasteiger partial charge in [0.2, 0.25) is 0 Å². The quantitative estimate of drug-likeness (QED) is 0.712. The molecular weight excluding hydrogens is 252 g/mol. The lowest BCUT2D eigenvalue weighted by Crippen LogP contribution is -2.07. The first-order valence-corrected chi connectivity index (χ1v) is 4.67. The molecule has 0 bridgehead atoms.